The van der Waals surface area contributed by atoms with Crippen molar-refractivity contribution in [2.75, 3.05) is 23.3 Å². The Morgan fingerprint density at radius 2 is 2.17 bits per heavy atom. The number of aliphatic carboxylic acids is 1. The van der Waals surface area contributed by atoms with Crippen LogP contribution in [0.3, 0.4) is 0 Å². The van der Waals surface area contributed by atoms with Crippen molar-refractivity contribution in [3.8, 4) is 0 Å². The molecule has 0 bridgehead atoms. The van der Waals surface area contributed by atoms with Crippen molar-refractivity contribution in [2.45, 2.75) is 18.9 Å². The molecule has 1 heterocycles. The highest BCUT2D eigenvalue weighted by Crippen LogP contribution is 2.45. The van der Waals surface area contributed by atoms with E-state index in [9.17, 15) is 14.3 Å². The summed E-state index contributed by atoms with van der Waals surface area (Å²) in [6.45, 7) is 8.45. The molecule has 1 aromatic carbocycles. The van der Waals surface area contributed by atoms with E-state index in [1.165, 1.54) is 6.07 Å². The number of carboxylic acids is 1. The van der Waals surface area contributed by atoms with Crippen molar-refractivity contribution in [1.29, 1.82) is 0 Å². The van der Waals surface area contributed by atoms with E-state index in [2.05, 4.69) is 18.5 Å². The van der Waals surface area contributed by atoms with Crippen LogP contribution >= 0.6 is 0 Å². The fraction of sp³-hybridized carbons (Fsp3) is 0.278. The molecule has 126 valence electrons. The third-order valence-electron chi connectivity index (χ3n) is 4.27. The molecule has 1 aliphatic carbocycles. The maximum absolute atomic E-state index is 14.4. The number of hydrogen-bond acceptors (Lipinski definition) is 4. The van der Waals surface area contributed by atoms with E-state index >= 15 is 0 Å². The molecule has 1 fully saturated rings. The van der Waals surface area contributed by atoms with E-state index in [1.54, 1.807) is 12.3 Å². The van der Waals surface area contributed by atoms with Gasteiger partial charge >= 0.3 is 5.97 Å². The molecule has 1 aromatic rings. The number of nitrogens with one attached hydrogen (secondary N) is 1. The number of nitrogens with zero attached hydrogens (tertiary/aromatic N) is 1. The lowest BCUT2D eigenvalue weighted by Crippen LogP contribution is -2.25. The minimum Gasteiger partial charge on any atom is -0.478 e. The van der Waals surface area contributed by atoms with Crippen molar-refractivity contribution in [1.82, 2.24) is 0 Å². The largest absolute Gasteiger partial charge is 0.478 e. The summed E-state index contributed by atoms with van der Waals surface area (Å²) < 4.78 is 14.4. The monoisotopic (exact) mass is 329 g/mol. The lowest BCUT2D eigenvalue weighted by Gasteiger charge is -2.31. The molecule has 3 rings (SSSR count). The van der Waals surface area contributed by atoms with Crippen LogP contribution in [-0.4, -0.2) is 30.2 Å². The summed E-state index contributed by atoms with van der Waals surface area (Å²) in [6.07, 6.45) is 3.79. The number of benzene rings is 1. The van der Waals surface area contributed by atoms with Crippen LogP contribution in [0, 0.1) is 5.82 Å². The average Bonchev–Trinajstić information content (AvgIpc) is 3.38. The van der Waals surface area contributed by atoms with Gasteiger partial charge in [0.25, 0.3) is 0 Å². The van der Waals surface area contributed by atoms with E-state index in [1.807, 2.05) is 4.90 Å². The number of anilines is 2. The van der Waals surface area contributed by atoms with Gasteiger partial charge in [-0.1, -0.05) is 13.2 Å². The molecule has 2 aliphatic rings. The summed E-state index contributed by atoms with van der Waals surface area (Å²) in [4.78, 5) is 13.3. The number of carboxylic acid groups (broad SMARTS) is 1. The summed E-state index contributed by atoms with van der Waals surface area (Å²) in [5.41, 5.74) is 8.13. The van der Waals surface area contributed by atoms with Gasteiger partial charge in [-0.05, 0) is 30.5 Å². The molecular formula is C18H20FN3O2. The summed E-state index contributed by atoms with van der Waals surface area (Å²) in [5, 5.41) is 12.2. The molecule has 24 heavy (non-hydrogen) atoms. The number of allylic oxidation sites excluding steroid dienone is 1. The normalized spacial score (nSPS) is 16.5. The Labute approximate surface area is 140 Å². The highest BCUT2D eigenvalue weighted by atomic mass is 19.1. The number of rotatable bonds is 6. The first-order valence-corrected chi connectivity index (χ1v) is 7.84. The number of hydrogen-bond donors (Lipinski definition) is 3. The third-order valence-corrected chi connectivity index (χ3v) is 4.27. The average molecular weight is 329 g/mol. The second-order valence-electron chi connectivity index (χ2n) is 6.01. The third kappa shape index (κ3) is 2.80. The Bertz CT molecular complexity index is 766. The molecule has 0 radical (unpaired) electrons. The van der Waals surface area contributed by atoms with Crippen molar-refractivity contribution in [3.63, 3.8) is 0 Å². The Balaban J connectivity index is 2.07. The number of fused-ring (bicyclic) bond motifs is 1. The van der Waals surface area contributed by atoms with Crippen LogP contribution in [0.1, 0.15) is 18.4 Å². The molecule has 4 N–H and O–H groups in total. The zero-order valence-corrected chi connectivity index (χ0v) is 13.3. The maximum atomic E-state index is 14.4. The Morgan fingerprint density at radius 3 is 2.75 bits per heavy atom. The van der Waals surface area contributed by atoms with Gasteiger partial charge in [0.1, 0.15) is 5.82 Å². The molecular weight excluding hydrogens is 309 g/mol. The first kappa shape index (κ1) is 16.3. The molecule has 0 spiro atoms. The quantitative estimate of drug-likeness (QED) is 0.700. The zero-order valence-electron chi connectivity index (χ0n) is 13.3. The van der Waals surface area contributed by atoms with E-state index in [-0.39, 0.29) is 5.57 Å². The van der Waals surface area contributed by atoms with Crippen molar-refractivity contribution in [3.05, 3.63) is 54.0 Å². The van der Waals surface area contributed by atoms with Crippen molar-refractivity contribution in [2.24, 2.45) is 5.73 Å². The minimum absolute atomic E-state index is 0.0398. The number of carbonyl (C=O) groups is 1. The van der Waals surface area contributed by atoms with Gasteiger partial charge in [-0.15, -0.1) is 0 Å². The zero-order chi connectivity index (χ0) is 17.4. The molecule has 0 atom stereocenters. The molecule has 0 amide bonds. The second kappa shape index (κ2) is 6.13. The number of halogens is 1. The molecule has 6 heteroatoms. The minimum atomic E-state index is -1.11. The molecule has 1 saturated carbocycles. The number of nitrogens with two attached hydrogens (primary N) is 1. The Hall–Kier alpha value is -2.60. The summed E-state index contributed by atoms with van der Waals surface area (Å²) >= 11 is 0. The van der Waals surface area contributed by atoms with Crippen molar-refractivity contribution < 1.29 is 14.3 Å². The van der Waals surface area contributed by atoms with Gasteiger partial charge in [-0.25, -0.2) is 9.18 Å². The summed E-state index contributed by atoms with van der Waals surface area (Å²) in [7, 11) is 0. The van der Waals surface area contributed by atoms with Crippen LogP contribution in [0.25, 0.3) is 5.57 Å². The summed E-state index contributed by atoms with van der Waals surface area (Å²) in [6, 6.07) is 3.43. The van der Waals surface area contributed by atoms with Crippen LogP contribution in [0.2, 0.25) is 0 Å². The van der Waals surface area contributed by atoms with Crippen LogP contribution in [-0.2, 0) is 4.79 Å². The van der Waals surface area contributed by atoms with Gasteiger partial charge in [-0.2, -0.15) is 0 Å². The van der Waals surface area contributed by atoms with Gasteiger partial charge in [0, 0.05) is 36.5 Å². The predicted octanol–water partition coefficient (Wildman–Crippen LogP) is 2.72. The van der Waals surface area contributed by atoms with E-state index in [0.717, 1.165) is 18.5 Å². The van der Waals surface area contributed by atoms with Gasteiger partial charge < -0.3 is 21.1 Å². The lowest BCUT2D eigenvalue weighted by molar-refractivity contribution is -0.132. The Morgan fingerprint density at radius 1 is 1.46 bits per heavy atom. The highest BCUT2D eigenvalue weighted by Gasteiger charge is 2.34. The Kier molecular flexibility index (Phi) is 4.15. The van der Waals surface area contributed by atoms with Gasteiger partial charge in [0.2, 0.25) is 0 Å². The van der Waals surface area contributed by atoms with Crippen molar-refractivity contribution >= 4 is 22.9 Å². The standard InChI is InChI=1S/C18H20FN3O2/c1-10-13-7-15(19)16(21-6-5-20)8-17(13)22(12-3-4-12)9-14(10)11(2)18(23)24/h7-9,12,21H,1-6,20H2,(H,23,24). The maximum Gasteiger partial charge on any atom is 0.335 e. The predicted molar refractivity (Wildman–Crippen MR) is 93.3 cm³/mol. The van der Waals surface area contributed by atoms with Gasteiger partial charge in [-0.3, -0.25) is 0 Å². The van der Waals surface area contributed by atoms with Gasteiger partial charge in [0.05, 0.1) is 16.9 Å². The van der Waals surface area contributed by atoms with Gasteiger partial charge in [0.15, 0.2) is 0 Å². The van der Waals surface area contributed by atoms with Crippen LogP contribution in [0.5, 0.6) is 0 Å². The summed E-state index contributed by atoms with van der Waals surface area (Å²) in [5.74, 6) is -1.52. The van der Waals surface area contributed by atoms with E-state index < -0.39 is 11.8 Å². The second-order valence-corrected chi connectivity index (χ2v) is 6.01. The molecule has 5 nitrogen and oxygen atoms in total. The molecule has 0 unspecified atom stereocenters. The van der Waals surface area contributed by atoms with Crippen LogP contribution < -0.4 is 16.0 Å². The molecule has 0 saturated heterocycles. The molecule has 0 aromatic heterocycles. The first-order chi connectivity index (χ1) is 11.4. The highest BCUT2D eigenvalue weighted by molar-refractivity contribution is 6.03. The first-order valence-electron chi connectivity index (χ1n) is 7.84. The topological polar surface area (TPSA) is 78.6 Å². The van der Waals surface area contributed by atoms with E-state index in [0.29, 0.717) is 41.5 Å². The van der Waals surface area contributed by atoms with Crippen LogP contribution in [0.4, 0.5) is 15.8 Å². The SMILES string of the molecule is C=C(C(=O)O)C1=CN(C2CC2)c2cc(NCCN)c(F)cc2C1=C. The lowest BCUT2D eigenvalue weighted by atomic mass is 9.90. The fourth-order valence-corrected chi connectivity index (χ4v) is 2.82. The molecule has 1 aliphatic heterocycles. The fourth-order valence-electron chi connectivity index (χ4n) is 2.82. The van der Waals surface area contributed by atoms with E-state index in [4.69, 9.17) is 5.73 Å². The van der Waals surface area contributed by atoms with Crippen LogP contribution in [0.15, 0.2) is 42.6 Å². The smallest absolute Gasteiger partial charge is 0.335 e.